The highest BCUT2D eigenvalue weighted by atomic mass is 16.5. The van der Waals surface area contributed by atoms with Crippen molar-refractivity contribution in [3.63, 3.8) is 0 Å². The third-order valence-corrected chi connectivity index (χ3v) is 2.40. The molecule has 0 spiro atoms. The van der Waals surface area contributed by atoms with Crippen molar-refractivity contribution in [3.05, 3.63) is 0 Å². The number of carbonyl (C=O) groups excluding carboxylic acids is 1. The van der Waals surface area contributed by atoms with Gasteiger partial charge in [0.1, 0.15) is 6.54 Å². The van der Waals surface area contributed by atoms with E-state index in [-0.39, 0.29) is 19.0 Å². The molecule has 0 rings (SSSR count). The molecular weight excluding hydrogens is 212 g/mol. The quantitative estimate of drug-likeness (QED) is 0.627. The third-order valence-electron chi connectivity index (χ3n) is 2.40. The molecular formula is C10H20N2O4. The van der Waals surface area contributed by atoms with E-state index in [1.165, 1.54) is 12.0 Å². The number of carboxylic acid groups (broad SMARTS) is 1. The van der Waals surface area contributed by atoms with Crippen LogP contribution < -0.4 is 5.73 Å². The number of amides is 1. The number of nitrogens with two attached hydrogens (primary N) is 1. The van der Waals surface area contributed by atoms with Crippen LogP contribution in [0.4, 0.5) is 0 Å². The maximum atomic E-state index is 11.9. The Bertz CT molecular complexity index is 253. The lowest BCUT2D eigenvalue weighted by Crippen LogP contribution is -2.54. The summed E-state index contributed by atoms with van der Waals surface area (Å²) in [5.41, 5.74) is 4.76. The summed E-state index contributed by atoms with van der Waals surface area (Å²) in [6.45, 7) is 3.55. The van der Waals surface area contributed by atoms with E-state index in [4.69, 9.17) is 15.6 Å². The van der Waals surface area contributed by atoms with Gasteiger partial charge < -0.3 is 20.5 Å². The largest absolute Gasteiger partial charge is 0.480 e. The Morgan fingerprint density at radius 3 is 2.44 bits per heavy atom. The molecule has 1 atom stereocenters. The lowest BCUT2D eigenvalue weighted by atomic mass is 9.98. The molecule has 0 aromatic heterocycles. The Labute approximate surface area is 95.4 Å². The summed E-state index contributed by atoms with van der Waals surface area (Å²) in [6.07, 6.45) is 0.453. The van der Waals surface area contributed by atoms with Crippen LogP contribution in [0.15, 0.2) is 0 Å². The molecule has 94 valence electrons. The fraction of sp³-hybridized carbons (Fsp3) is 0.800. The molecule has 0 aromatic carbocycles. The van der Waals surface area contributed by atoms with Crippen LogP contribution in [0, 0.1) is 0 Å². The summed E-state index contributed by atoms with van der Waals surface area (Å²) < 4.78 is 4.82. The van der Waals surface area contributed by atoms with Crippen molar-refractivity contribution in [1.29, 1.82) is 0 Å². The number of methoxy groups -OCH3 is 1. The number of carbonyl (C=O) groups is 2. The van der Waals surface area contributed by atoms with Gasteiger partial charge in [-0.05, 0) is 13.3 Å². The van der Waals surface area contributed by atoms with Gasteiger partial charge in [-0.15, -0.1) is 0 Å². The monoisotopic (exact) mass is 232 g/mol. The molecule has 3 N–H and O–H groups in total. The van der Waals surface area contributed by atoms with Gasteiger partial charge in [0, 0.05) is 13.7 Å². The minimum absolute atomic E-state index is 0.231. The Morgan fingerprint density at radius 2 is 2.06 bits per heavy atom. The molecule has 0 aromatic rings. The molecule has 0 bridgehead atoms. The van der Waals surface area contributed by atoms with Gasteiger partial charge in [0.05, 0.1) is 12.1 Å². The van der Waals surface area contributed by atoms with Gasteiger partial charge in [0.15, 0.2) is 0 Å². The van der Waals surface area contributed by atoms with Crippen LogP contribution in [0.5, 0.6) is 0 Å². The second kappa shape index (κ2) is 6.44. The molecule has 6 nitrogen and oxygen atoms in total. The third kappa shape index (κ3) is 4.59. The molecule has 0 saturated carbocycles. The van der Waals surface area contributed by atoms with E-state index in [2.05, 4.69) is 0 Å². The molecule has 1 amide bonds. The Hall–Kier alpha value is -1.14. The summed E-state index contributed by atoms with van der Waals surface area (Å²) in [5.74, 6) is -1.43. The number of hydrogen-bond donors (Lipinski definition) is 2. The van der Waals surface area contributed by atoms with E-state index in [1.54, 1.807) is 13.8 Å². The number of hydrogen-bond acceptors (Lipinski definition) is 4. The smallest absolute Gasteiger partial charge is 0.323 e. The maximum absolute atomic E-state index is 11.9. The van der Waals surface area contributed by atoms with E-state index in [0.717, 1.165) is 0 Å². The van der Waals surface area contributed by atoms with Crippen LogP contribution in [0.3, 0.4) is 0 Å². The first-order valence-corrected chi connectivity index (χ1v) is 5.14. The van der Waals surface area contributed by atoms with Gasteiger partial charge in [-0.1, -0.05) is 6.92 Å². The number of ether oxygens (including phenoxy) is 1. The highest BCUT2D eigenvalue weighted by molar-refractivity contribution is 5.88. The van der Waals surface area contributed by atoms with Crippen molar-refractivity contribution in [2.75, 3.05) is 26.8 Å². The molecule has 0 aliphatic rings. The van der Waals surface area contributed by atoms with E-state index in [1.807, 2.05) is 0 Å². The average Bonchev–Trinajstić information content (AvgIpc) is 2.22. The second-order valence-corrected chi connectivity index (χ2v) is 3.88. The zero-order valence-electron chi connectivity index (χ0n) is 10.0. The summed E-state index contributed by atoms with van der Waals surface area (Å²) in [7, 11) is 1.49. The van der Waals surface area contributed by atoms with Crippen LogP contribution in [0.2, 0.25) is 0 Å². The van der Waals surface area contributed by atoms with E-state index >= 15 is 0 Å². The van der Waals surface area contributed by atoms with E-state index < -0.39 is 11.5 Å². The van der Waals surface area contributed by atoms with Crippen molar-refractivity contribution in [1.82, 2.24) is 4.90 Å². The Morgan fingerprint density at radius 1 is 1.50 bits per heavy atom. The van der Waals surface area contributed by atoms with E-state index in [9.17, 15) is 9.59 Å². The Balaban J connectivity index is 4.61. The topological polar surface area (TPSA) is 92.9 Å². The van der Waals surface area contributed by atoms with Crippen LogP contribution >= 0.6 is 0 Å². The standard InChI is InChI=1S/C10H20N2O4/c1-4-10(2,11)9(15)12(5-6-16-3)7-8(13)14/h4-7,11H2,1-3H3,(H,13,14). The lowest BCUT2D eigenvalue weighted by Gasteiger charge is -2.29. The zero-order chi connectivity index (χ0) is 12.8. The van der Waals surface area contributed by atoms with Crippen molar-refractivity contribution in [2.24, 2.45) is 5.73 Å². The molecule has 0 aliphatic heterocycles. The summed E-state index contributed by atoms with van der Waals surface area (Å²) in [4.78, 5) is 23.7. The van der Waals surface area contributed by atoms with Crippen molar-refractivity contribution >= 4 is 11.9 Å². The van der Waals surface area contributed by atoms with Crippen molar-refractivity contribution in [2.45, 2.75) is 25.8 Å². The maximum Gasteiger partial charge on any atom is 0.323 e. The molecule has 0 heterocycles. The van der Waals surface area contributed by atoms with Gasteiger partial charge in [0.2, 0.25) is 5.91 Å². The van der Waals surface area contributed by atoms with Gasteiger partial charge in [-0.2, -0.15) is 0 Å². The number of rotatable bonds is 7. The minimum atomic E-state index is -1.06. The summed E-state index contributed by atoms with van der Waals surface area (Å²) in [6, 6.07) is 0. The predicted molar refractivity (Wildman–Crippen MR) is 59.0 cm³/mol. The molecule has 0 saturated heterocycles. The molecule has 1 unspecified atom stereocenters. The molecule has 6 heteroatoms. The predicted octanol–water partition coefficient (Wildman–Crippen LogP) is -0.327. The molecule has 0 radical (unpaired) electrons. The first-order valence-electron chi connectivity index (χ1n) is 5.14. The van der Waals surface area contributed by atoms with Gasteiger partial charge in [0.25, 0.3) is 0 Å². The summed E-state index contributed by atoms with van der Waals surface area (Å²) in [5, 5.41) is 8.70. The second-order valence-electron chi connectivity index (χ2n) is 3.88. The first kappa shape index (κ1) is 14.9. The van der Waals surface area contributed by atoms with Gasteiger partial charge in [-0.3, -0.25) is 9.59 Å². The molecule has 0 aliphatic carbocycles. The zero-order valence-corrected chi connectivity index (χ0v) is 10.0. The van der Waals surface area contributed by atoms with Crippen LogP contribution in [0.1, 0.15) is 20.3 Å². The number of aliphatic carboxylic acids is 1. The highest BCUT2D eigenvalue weighted by Gasteiger charge is 2.31. The molecule has 16 heavy (non-hydrogen) atoms. The van der Waals surface area contributed by atoms with Crippen molar-refractivity contribution in [3.8, 4) is 0 Å². The van der Waals surface area contributed by atoms with Crippen LogP contribution in [-0.2, 0) is 14.3 Å². The van der Waals surface area contributed by atoms with Crippen LogP contribution in [-0.4, -0.2) is 54.2 Å². The lowest BCUT2D eigenvalue weighted by molar-refractivity contribution is -0.147. The summed E-state index contributed by atoms with van der Waals surface area (Å²) >= 11 is 0. The fourth-order valence-corrected chi connectivity index (χ4v) is 1.13. The number of nitrogens with zero attached hydrogens (tertiary/aromatic N) is 1. The van der Waals surface area contributed by atoms with Gasteiger partial charge >= 0.3 is 5.97 Å². The van der Waals surface area contributed by atoms with Crippen LogP contribution in [0.25, 0.3) is 0 Å². The minimum Gasteiger partial charge on any atom is -0.480 e. The molecule has 0 fully saturated rings. The average molecular weight is 232 g/mol. The van der Waals surface area contributed by atoms with Crippen molar-refractivity contribution < 1.29 is 19.4 Å². The number of carboxylic acids is 1. The first-order chi connectivity index (χ1) is 7.35. The Kier molecular flexibility index (Phi) is 5.98. The SMILES string of the molecule is CCC(C)(N)C(=O)N(CCOC)CC(=O)O. The van der Waals surface area contributed by atoms with E-state index in [0.29, 0.717) is 13.0 Å². The van der Waals surface area contributed by atoms with Gasteiger partial charge in [-0.25, -0.2) is 0 Å². The normalized spacial score (nSPS) is 14.2. The highest BCUT2D eigenvalue weighted by Crippen LogP contribution is 2.09. The fourth-order valence-electron chi connectivity index (χ4n) is 1.13.